The molecular weight excluding hydrogens is 268 g/mol. The molecule has 2 atom stereocenters. The number of ether oxygens (including phenoxy) is 1. The van der Waals surface area contributed by atoms with E-state index in [0.717, 1.165) is 12.0 Å². The first kappa shape index (κ1) is 17.2. The summed E-state index contributed by atoms with van der Waals surface area (Å²) < 4.78 is 4.75. The lowest BCUT2D eigenvalue weighted by Crippen LogP contribution is -2.50. The van der Waals surface area contributed by atoms with Crippen LogP contribution in [0.25, 0.3) is 0 Å². The van der Waals surface area contributed by atoms with Crippen molar-refractivity contribution in [1.82, 2.24) is 4.90 Å². The summed E-state index contributed by atoms with van der Waals surface area (Å²) >= 11 is 0. The molecule has 5 nitrogen and oxygen atoms in total. The highest BCUT2D eigenvalue weighted by molar-refractivity contribution is 5.87. The van der Waals surface area contributed by atoms with E-state index in [-0.39, 0.29) is 5.91 Å². The van der Waals surface area contributed by atoms with Gasteiger partial charge in [-0.05, 0) is 18.9 Å². The van der Waals surface area contributed by atoms with Gasteiger partial charge in [0.25, 0.3) is 0 Å². The molecule has 0 aliphatic carbocycles. The number of carbonyl (C=O) groups excluding carboxylic acids is 2. The minimum Gasteiger partial charge on any atom is -0.467 e. The van der Waals surface area contributed by atoms with E-state index in [2.05, 4.69) is 0 Å². The van der Waals surface area contributed by atoms with Gasteiger partial charge < -0.3 is 15.4 Å². The number of hydrogen-bond acceptors (Lipinski definition) is 4. The number of rotatable bonds is 7. The molecule has 0 aliphatic heterocycles. The summed E-state index contributed by atoms with van der Waals surface area (Å²) in [6, 6.07) is 8.27. The van der Waals surface area contributed by atoms with Crippen LogP contribution in [-0.4, -0.2) is 36.0 Å². The molecule has 1 aromatic rings. The zero-order valence-electron chi connectivity index (χ0n) is 12.9. The topological polar surface area (TPSA) is 72.6 Å². The Balaban J connectivity index is 2.94. The second kappa shape index (κ2) is 8.42. The highest BCUT2D eigenvalue weighted by atomic mass is 16.5. The van der Waals surface area contributed by atoms with Crippen molar-refractivity contribution in [2.45, 2.75) is 45.3 Å². The molecule has 0 aliphatic rings. The zero-order valence-corrected chi connectivity index (χ0v) is 12.9. The van der Waals surface area contributed by atoms with E-state index in [9.17, 15) is 9.59 Å². The number of hydrogen-bond donors (Lipinski definition) is 1. The van der Waals surface area contributed by atoms with Crippen LogP contribution in [0.3, 0.4) is 0 Å². The van der Waals surface area contributed by atoms with Gasteiger partial charge in [0.15, 0.2) is 0 Å². The Hall–Kier alpha value is -1.88. The van der Waals surface area contributed by atoms with Crippen LogP contribution in [0, 0.1) is 0 Å². The summed E-state index contributed by atoms with van der Waals surface area (Å²) in [5, 5.41) is 0. The van der Waals surface area contributed by atoms with Gasteiger partial charge in [-0.2, -0.15) is 0 Å². The van der Waals surface area contributed by atoms with E-state index in [0.29, 0.717) is 13.0 Å². The van der Waals surface area contributed by atoms with Gasteiger partial charge in [-0.3, -0.25) is 4.79 Å². The van der Waals surface area contributed by atoms with E-state index < -0.39 is 18.1 Å². The number of esters is 1. The Kier molecular flexibility index (Phi) is 6.88. The average molecular weight is 292 g/mol. The lowest BCUT2D eigenvalue weighted by Gasteiger charge is -2.30. The molecule has 1 rings (SSSR count). The van der Waals surface area contributed by atoms with E-state index in [1.54, 1.807) is 6.92 Å². The molecule has 0 bridgehead atoms. The van der Waals surface area contributed by atoms with Crippen LogP contribution in [0.4, 0.5) is 0 Å². The standard InChI is InChI=1S/C16H24N2O3/c1-4-8-14(17)15(19)18(12(2)16(20)21-3)11-13-9-6-5-7-10-13/h5-7,9-10,12,14H,4,8,11,17H2,1-3H3/t12?,14-/m1/s1. The monoisotopic (exact) mass is 292 g/mol. The molecule has 5 heteroatoms. The van der Waals surface area contributed by atoms with Gasteiger partial charge in [0, 0.05) is 6.54 Å². The van der Waals surface area contributed by atoms with Crippen molar-refractivity contribution in [3.05, 3.63) is 35.9 Å². The first-order valence-electron chi connectivity index (χ1n) is 7.19. The lowest BCUT2D eigenvalue weighted by atomic mass is 10.1. The summed E-state index contributed by atoms with van der Waals surface area (Å²) in [4.78, 5) is 25.8. The minimum atomic E-state index is -0.661. The average Bonchev–Trinajstić information content (AvgIpc) is 2.51. The van der Waals surface area contributed by atoms with Crippen molar-refractivity contribution in [2.24, 2.45) is 5.73 Å². The van der Waals surface area contributed by atoms with Gasteiger partial charge >= 0.3 is 5.97 Å². The van der Waals surface area contributed by atoms with Gasteiger partial charge in [-0.1, -0.05) is 43.7 Å². The molecule has 0 saturated heterocycles. The predicted octanol–water partition coefficient (Wildman–Crippen LogP) is 1.70. The first-order chi connectivity index (χ1) is 10.0. The molecule has 0 heterocycles. The van der Waals surface area contributed by atoms with Gasteiger partial charge in [-0.15, -0.1) is 0 Å². The summed E-state index contributed by atoms with van der Waals surface area (Å²) in [5.74, 6) is -0.665. The largest absolute Gasteiger partial charge is 0.467 e. The van der Waals surface area contributed by atoms with Gasteiger partial charge in [0.2, 0.25) is 5.91 Å². The Labute approximate surface area is 126 Å². The third-order valence-corrected chi connectivity index (χ3v) is 3.41. The van der Waals surface area contributed by atoms with Crippen molar-refractivity contribution in [3.8, 4) is 0 Å². The van der Waals surface area contributed by atoms with Crippen molar-refractivity contribution < 1.29 is 14.3 Å². The number of benzene rings is 1. The van der Waals surface area contributed by atoms with Crippen LogP contribution >= 0.6 is 0 Å². The molecule has 0 fully saturated rings. The van der Waals surface area contributed by atoms with Crippen LogP contribution in [-0.2, 0) is 20.9 Å². The van der Waals surface area contributed by atoms with Gasteiger partial charge in [-0.25, -0.2) is 4.79 Å². The fraction of sp³-hybridized carbons (Fsp3) is 0.500. The molecule has 0 radical (unpaired) electrons. The third-order valence-electron chi connectivity index (χ3n) is 3.41. The zero-order chi connectivity index (χ0) is 15.8. The SMILES string of the molecule is CCC[C@@H](N)C(=O)N(Cc1ccccc1)C(C)C(=O)OC. The van der Waals surface area contributed by atoms with E-state index >= 15 is 0 Å². The van der Waals surface area contributed by atoms with Crippen molar-refractivity contribution in [1.29, 1.82) is 0 Å². The number of carbonyl (C=O) groups is 2. The fourth-order valence-corrected chi connectivity index (χ4v) is 2.13. The quantitative estimate of drug-likeness (QED) is 0.776. The highest BCUT2D eigenvalue weighted by Gasteiger charge is 2.29. The normalized spacial score (nSPS) is 13.3. The second-order valence-electron chi connectivity index (χ2n) is 5.05. The molecule has 21 heavy (non-hydrogen) atoms. The third kappa shape index (κ3) is 4.86. The summed E-state index contributed by atoms with van der Waals surface area (Å²) in [6.45, 7) is 3.97. The Morgan fingerprint density at radius 3 is 2.43 bits per heavy atom. The first-order valence-corrected chi connectivity index (χ1v) is 7.19. The molecule has 116 valence electrons. The summed E-state index contributed by atoms with van der Waals surface area (Å²) in [5.41, 5.74) is 6.87. The number of amides is 1. The Bertz CT molecular complexity index is 462. The maximum absolute atomic E-state index is 12.5. The molecule has 1 aromatic carbocycles. The van der Waals surface area contributed by atoms with Gasteiger partial charge in [0.05, 0.1) is 13.2 Å². The van der Waals surface area contributed by atoms with Crippen molar-refractivity contribution in [2.75, 3.05) is 7.11 Å². The second-order valence-corrected chi connectivity index (χ2v) is 5.05. The fourth-order valence-electron chi connectivity index (χ4n) is 2.13. The smallest absolute Gasteiger partial charge is 0.328 e. The van der Waals surface area contributed by atoms with Crippen LogP contribution in [0.1, 0.15) is 32.3 Å². The number of methoxy groups -OCH3 is 1. The van der Waals surface area contributed by atoms with E-state index in [1.807, 2.05) is 37.3 Å². The van der Waals surface area contributed by atoms with Gasteiger partial charge in [0.1, 0.15) is 6.04 Å². The van der Waals surface area contributed by atoms with Crippen LogP contribution in [0.2, 0.25) is 0 Å². The lowest BCUT2D eigenvalue weighted by molar-refractivity contribution is -0.153. The van der Waals surface area contributed by atoms with Crippen molar-refractivity contribution in [3.63, 3.8) is 0 Å². The highest BCUT2D eigenvalue weighted by Crippen LogP contribution is 2.12. The molecule has 2 N–H and O–H groups in total. The predicted molar refractivity (Wildman–Crippen MR) is 81.4 cm³/mol. The molecule has 0 saturated carbocycles. The van der Waals surface area contributed by atoms with Crippen molar-refractivity contribution >= 4 is 11.9 Å². The van der Waals surface area contributed by atoms with Crippen LogP contribution in [0.15, 0.2) is 30.3 Å². The maximum atomic E-state index is 12.5. The molecule has 0 spiro atoms. The summed E-state index contributed by atoms with van der Waals surface area (Å²) in [6.07, 6.45) is 1.41. The Morgan fingerprint density at radius 1 is 1.29 bits per heavy atom. The van der Waals surface area contributed by atoms with Crippen LogP contribution in [0.5, 0.6) is 0 Å². The molecular formula is C16H24N2O3. The van der Waals surface area contributed by atoms with Crippen LogP contribution < -0.4 is 5.73 Å². The van der Waals surface area contributed by atoms with E-state index in [1.165, 1.54) is 12.0 Å². The molecule has 0 aromatic heterocycles. The number of nitrogens with zero attached hydrogens (tertiary/aromatic N) is 1. The molecule has 1 unspecified atom stereocenters. The maximum Gasteiger partial charge on any atom is 0.328 e. The molecule has 1 amide bonds. The van der Waals surface area contributed by atoms with E-state index in [4.69, 9.17) is 10.5 Å². The summed E-state index contributed by atoms with van der Waals surface area (Å²) in [7, 11) is 1.32. The Morgan fingerprint density at radius 2 is 1.90 bits per heavy atom. The number of nitrogens with two attached hydrogens (primary N) is 1. The minimum absolute atomic E-state index is 0.224.